The summed E-state index contributed by atoms with van der Waals surface area (Å²) in [5.74, 6) is -0.143. The topological polar surface area (TPSA) is 42.0 Å². The first kappa shape index (κ1) is 15.0. The molecular formula is C15H14BrClN2O. The zero-order chi connectivity index (χ0) is 14.5. The van der Waals surface area contributed by atoms with E-state index in [0.717, 1.165) is 17.7 Å². The van der Waals surface area contributed by atoms with Crippen LogP contribution in [-0.4, -0.2) is 10.9 Å². The number of amides is 1. The van der Waals surface area contributed by atoms with E-state index < -0.39 is 0 Å². The van der Waals surface area contributed by atoms with E-state index >= 15 is 0 Å². The summed E-state index contributed by atoms with van der Waals surface area (Å²) >= 11 is 9.22. The van der Waals surface area contributed by atoms with Gasteiger partial charge in [0.05, 0.1) is 17.3 Å². The molecule has 0 fully saturated rings. The smallest absolute Gasteiger partial charge is 0.251 e. The molecule has 0 aliphatic rings. The Morgan fingerprint density at radius 3 is 2.90 bits per heavy atom. The predicted molar refractivity (Wildman–Crippen MR) is 83.9 cm³/mol. The molecule has 104 valence electrons. The highest BCUT2D eigenvalue weighted by molar-refractivity contribution is 9.10. The van der Waals surface area contributed by atoms with Crippen LogP contribution < -0.4 is 5.32 Å². The molecule has 1 aromatic carbocycles. The van der Waals surface area contributed by atoms with Crippen LogP contribution in [0.15, 0.2) is 41.0 Å². The molecule has 20 heavy (non-hydrogen) atoms. The quantitative estimate of drug-likeness (QED) is 0.903. The standard InChI is InChI=1S/C15H14BrClN2O/c1-2-10-4-3-7-18-14(10)9-19-15(20)11-5-6-13(17)12(16)8-11/h3-8H,2,9H2,1H3,(H,19,20). The summed E-state index contributed by atoms with van der Waals surface area (Å²) < 4.78 is 0.707. The number of carbonyl (C=O) groups is 1. The van der Waals surface area contributed by atoms with Crippen LogP contribution in [0.4, 0.5) is 0 Å². The van der Waals surface area contributed by atoms with Crippen LogP contribution in [0.25, 0.3) is 0 Å². The fourth-order valence-electron chi connectivity index (χ4n) is 1.86. The maximum atomic E-state index is 12.1. The van der Waals surface area contributed by atoms with Crippen LogP contribution in [0.3, 0.4) is 0 Å². The fraction of sp³-hybridized carbons (Fsp3) is 0.200. The van der Waals surface area contributed by atoms with E-state index in [1.165, 1.54) is 0 Å². The number of nitrogens with zero attached hydrogens (tertiary/aromatic N) is 1. The van der Waals surface area contributed by atoms with E-state index in [4.69, 9.17) is 11.6 Å². The third-order valence-corrected chi connectivity index (χ3v) is 4.18. The Balaban J connectivity index is 2.06. The van der Waals surface area contributed by atoms with Gasteiger partial charge in [-0.3, -0.25) is 9.78 Å². The second-order valence-electron chi connectivity index (χ2n) is 4.27. The lowest BCUT2D eigenvalue weighted by atomic mass is 10.1. The van der Waals surface area contributed by atoms with Crippen molar-refractivity contribution in [1.29, 1.82) is 0 Å². The molecule has 2 aromatic rings. The summed E-state index contributed by atoms with van der Waals surface area (Å²) in [6.45, 7) is 2.49. The Kier molecular flexibility index (Phi) is 5.15. The molecule has 1 N–H and O–H groups in total. The lowest BCUT2D eigenvalue weighted by Crippen LogP contribution is -2.24. The van der Waals surface area contributed by atoms with Gasteiger partial charge in [0.15, 0.2) is 0 Å². The van der Waals surface area contributed by atoms with Gasteiger partial charge in [0, 0.05) is 16.2 Å². The van der Waals surface area contributed by atoms with Crippen LogP contribution in [0.2, 0.25) is 5.02 Å². The minimum atomic E-state index is -0.143. The highest BCUT2D eigenvalue weighted by atomic mass is 79.9. The largest absolute Gasteiger partial charge is 0.346 e. The zero-order valence-electron chi connectivity index (χ0n) is 11.0. The monoisotopic (exact) mass is 352 g/mol. The molecule has 0 spiro atoms. The molecule has 0 unspecified atom stereocenters. The van der Waals surface area contributed by atoms with E-state index in [0.29, 0.717) is 21.6 Å². The molecule has 0 atom stereocenters. The number of hydrogen-bond acceptors (Lipinski definition) is 2. The molecule has 0 aliphatic heterocycles. The average Bonchev–Trinajstić information content (AvgIpc) is 2.47. The Bertz CT molecular complexity index is 631. The van der Waals surface area contributed by atoms with Crippen LogP contribution in [0.5, 0.6) is 0 Å². The molecule has 5 heteroatoms. The van der Waals surface area contributed by atoms with Gasteiger partial charge in [0.1, 0.15) is 0 Å². The number of benzene rings is 1. The van der Waals surface area contributed by atoms with Crippen molar-refractivity contribution < 1.29 is 4.79 Å². The molecule has 0 aliphatic carbocycles. The Hall–Kier alpha value is -1.39. The van der Waals surface area contributed by atoms with Gasteiger partial charge >= 0.3 is 0 Å². The van der Waals surface area contributed by atoms with Crippen LogP contribution in [0, 0.1) is 0 Å². The van der Waals surface area contributed by atoms with Crippen molar-refractivity contribution in [2.45, 2.75) is 19.9 Å². The first-order valence-corrected chi connectivity index (χ1v) is 7.45. The first-order valence-electron chi connectivity index (χ1n) is 6.28. The van der Waals surface area contributed by atoms with Gasteiger partial charge in [0.25, 0.3) is 5.91 Å². The van der Waals surface area contributed by atoms with E-state index in [1.54, 1.807) is 24.4 Å². The van der Waals surface area contributed by atoms with Crippen molar-refractivity contribution in [2.24, 2.45) is 0 Å². The van der Waals surface area contributed by atoms with Crippen molar-refractivity contribution in [3.05, 3.63) is 62.8 Å². The Labute approximate surface area is 131 Å². The molecule has 0 radical (unpaired) electrons. The SMILES string of the molecule is CCc1cccnc1CNC(=O)c1ccc(Cl)c(Br)c1. The molecular weight excluding hydrogens is 340 g/mol. The lowest BCUT2D eigenvalue weighted by Gasteiger charge is -2.08. The fourth-order valence-corrected chi connectivity index (χ4v) is 2.35. The predicted octanol–water partition coefficient (Wildman–Crippen LogP) is 3.99. The number of carbonyl (C=O) groups excluding carboxylic acids is 1. The molecule has 0 saturated heterocycles. The van der Waals surface area contributed by atoms with Crippen molar-refractivity contribution in [3.63, 3.8) is 0 Å². The second-order valence-corrected chi connectivity index (χ2v) is 5.54. The van der Waals surface area contributed by atoms with Gasteiger partial charge in [-0.15, -0.1) is 0 Å². The number of nitrogens with one attached hydrogen (secondary N) is 1. The Morgan fingerprint density at radius 2 is 2.20 bits per heavy atom. The van der Waals surface area contributed by atoms with Gasteiger partial charge in [0.2, 0.25) is 0 Å². The first-order chi connectivity index (χ1) is 9.61. The third kappa shape index (κ3) is 3.58. The second kappa shape index (κ2) is 6.86. The van der Waals surface area contributed by atoms with Crippen molar-refractivity contribution >= 4 is 33.4 Å². The number of hydrogen-bond donors (Lipinski definition) is 1. The highest BCUT2D eigenvalue weighted by Crippen LogP contribution is 2.23. The minimum Gasteiger partial charge on any atom is -0.346 e. The maximum Gasteiger partial charge on any atom is 0.251 e. The van der Waals surface area contributed by atoms with Crippen LogP contribution in [-0.2, 0) is 13.0 Å². The van der Waals surface area contributed by atoms with Crippen molar-refractivity contribution in [3.8, 4) is 0 Å². The molecule has 1 aromatic heterocycles. The maximum absolute atomic E-state index is 12.1. The lowest BCUT2D eigenvalue weighted by molar-refractivity contribution is 0.0950. The summed E-state index contributed by atoms with van der Waals surface area (Å²) in [7, 11) is 0. The molecule has 1 amide bonds. The molecule has 1 heterocycles. The van der Waals surface area contributed by atoms with E-state index in [1.807, 2.05) is 12.1 Å². The number of aromatic nitrogens is 1. The summed E-state index contributed by atoms with van der Waals surface area (Å²) in [6.07, 6.45) is 2.63. The van der Waals surface area contributed by atoms with Gasteiger partial charge in [-0.05, 0) is 52.2 Å². The van der Waals surface area contributed by atoms with Crippen molar-refractivity contribution in [1.82, 2.24) is 10.3 Å². The van der Waals surface area contributed by atoms with E-state index in [9.17, 15) is 4.79 Å². The number of halogens is 2. The third-order valence-electron chi connectivity index (χ3n) is 2.96. The van der Waals surface area contributed by atoms with Gasteiger partial charge < -0.3 is 5.32 Å². The van der Waals surface area contributed by atoms with Gasteiger partial charge in [-0.25, -0.2) is 0 Å². The summed E-state index contributed by atoms with van der Waals surface area (Å²) in [5.41, 5.74) is 2.61. The molecule has 0 bridgehead atoms. The number of aryl methyl sites for hydroxylation is 1. The molecule has 3 nitrogen and oxygen atoms in total. The zero-order valence-corrected chi connectivity index (χ0v) is 13.3. The normalized spacial score (nSPS) is 10.3. The minimum absolute atomic E-state index is 0.143. The van der Waals surface area contributed by atoms with E-state index in [2.05, 4.69) is 33.2 Å². The van der Waals surface area contributed by atoms with Gasteiger partial charge in [-0.1, -0.05) is 24.6 Å². The highest BCUT2D eigenvalue weighted by Gasteiger charge is 2.09. The summed E-state index contributed by atoms with van der Waals surface area (Å²) in [5, 5.41) is 3.45. The van der Waals surface area contributed by atoms with Gasteiger partial charge in [-0.2, -0.15) is 0 Å². The molecule has 2 rings (SSSR count). The van der Waals surface area contributed by atoms with E-state index in [-0.39, 0.29) is 5.91 Å². The van der Waals surface area contributed by atoms with Crippen LogP contribution in [0.1, 0.15) is 28.5 Å². The number of rotatable bonds is 4. The average molecular weight is 354 g/mol. The number of pyridine rings is 1. The van der Waals surface area contributed by atoms with Crippen LogP contribution >= 0.6 is 27.5 Å². The summed E-state index contributed by atoms with van der Waals surface area (Å²) in [4.78, 5) is 16.4. The van der Waals surface area contributed by atoms with Crippen molar-refractivity contribution in [2.75, 3.05) is 0 Å². The molecule has 0 saturated carbocycles. The summed E-state index contributed by atoms with van der Waals surface area (Å²) in [6, 6.07) is 9.02. The Morgan fingerprint density at radius 1 is 1.40 bits per heavy atom.